The molecule has 176 valence electrons. The fourth-order valence-corrected chi connectivity index (χ4v) is 5.06. The van der Waals surface area contributed by atoms with Gasteiger partial charge in [0, 0.05) is 23.1 Å². The first-order valence-electron chi connectivity index (χ1n) is 11.4. The number of anilines is 2. The molecule has 1 aliphatic carbocycles. The molecule has 0 aromatic heterocycles. The summed E-state index contributed by atoms with van der Waals surface area (Å²) in [5, 5.41) is 0. The van der Waals surface area contributed by atoms with E-state index < -0.39 is 5.41 Å². The van der Waals surface area contributed by atoms with Crippen LogP contribution in [0.1, 0.15) is 49.3 Å². The lowest BCUT2D eigenvalue weighted by atomic mass is 9.73. The van der Waals surface area contributed by atoms with E-state index in [2.05, 4.69) is 6.92 Å². The van der Waals surface area contributed by atoms with Crippen LogP contribution >= 0.6 is 0 Å². The van der Waals surface area contributed by atoms with Gasteiger partial charge in [-0.05, 0) is 62.8 Å². The summed E-state index contributed by atoms with van der Waals surface area (Å²) < 4.78 is 11.2. The molecular formula is C26H33N3O4. The van der Waals surface area contributed by atoms with Crippen molar-refractivity contribution >= 4 is 23.3 Å². The number of rotatable bonds is 5. The number of amides is 3. The smallest absolute Gasteiger partial charge is 0.329 e. The third kappa shape index (κ3) is 3.90. The van der Waals surface area contributed by atoms with Crippen LogP contribution < -0.4 is 20.1 Å². The summed E-state index contributed by atoms with van der Waals surface area (Å²) in [6.45, 7) is 6.47. The van der Waals surface area contributed by atoms with Crippen molar-refractivity contribution in [2.75, 3.05) is 19.1 Å². The minimum Gasteiger partial charge on any atom is -0.496 e. The second-order valence-corrected chi connectivity index (χ2v) is 9.47. The summed E-state index contributed by atoms with van der Waals surface area (Å²) >= 11 is 0. The standard InChI is InChI=1S/C26H33N3O4/c1-16-7-9-21(32-4)23-20(16)15-28(18-10-12-26(3,13-11-18)24(27)30)25(31)29(23)19-8-6-17(2)22(14-19)33-5/h6-9,14,18H,10-13,15H2,1-5H3,(H2,27,30). The monoisotopic (exact) mass is 451 g/mol. The number of fused-ring (bicyclic) bond motifs is 1. The minimum atomic E-state index is -0.504. The van der Waals surface area contributed by atoms with Gasteiger partial charge in [-0.15, -0.1) is 0 Å². The highest BCUT2D eigenvalue weighted by molar-refractivity contribution is 6.04. The summed E-state index contributed by atoms with van der Waals surface area (Å²) in [4.78, 5) is 29.6. The average molecular weight is 452 g/mol. The number of aryl methyl sites for hydroxylation is 2. The van der Waals surface area contributed by atoms with Crippen molar-refractivity contribution < 1.29 is 19.1 Å². The molecule has 1 aliphatic heterocycles. The van der Waals surface area contributed by atoms with E-state index in [1.165, 1.54) is 0 Å². The van der Waals surface area contributed by atoms with Crippen LogP contribution in [0, 0.1) is 19.3 Å². The Hall–Kier alpha value is -3.22. The van der Waals surface area contributed by atoms with E-state index in [1.54, 1.807) is 19.1 Å². The van der Waals surface area contributed by atoms with Gasteiger partial charge < -0.3 is 20.1 Å². The number of urea groups is 1. The summed E-state index contributed by atoms with van der Waals surface area (Å²) in [6, 6.07) is 9.69. The van der Waals surface area contributed by atoms with Gasteiger partial charge in [0.15, 0.2) is 0 Å². The molecule has 2 N–H and O–H groups in total. The average Bonchev–Trinajstić information content (AvgIpc) is 2.80. The van der Waals surface area contributed by atoms with Gasteiger partial charge in [-0.2, -0.15) is 0 Å². The molecule has 0 bridgehead atoms. The van der Waals surface area contributed by atoms with Gasteiger partial charge >= 0.3 is 6.03 Å². The molecule has 1 saturated carbocycles. The molecule has 0 saturated heterocycles. The molecule has 0 spiro atoms. The predicted molar refractivity (Wildman–Crippen MR) is 128 cm³/mol. The van der Waals surface area contributed by atoms with Crippen LogP contribution in [0.3, 0.4) is 0 Å². The van der Waals surface area contributed by atoms with Crippen LogP contribution in [-0.2, 0) is 11.3 Å². The molecule has 2 aromatic carbocycles. The van der Waals surface area contributed by atoms with Crippen LogP contribution in [0.4, 0.5) is 16.2 Å². The van der Waals surface area contributed by atoms with Crippen LogP contribution in [-0.4, -0.2) is 37.1 Å². The zero-order valence-electron chi connectivity index (χ0n) is 20.1. The van der Waals surface area contributed by atoms with Crippen LogP contribution in [0.5, 0.6) is 11.5 Å². The third-order valence-corrected chi connectivity index (χ3v) is 7.43. The Morgan fingerprint density at radius 3 is 2.27 bits per heavy atom. The number of benzene rings is 2. The molecule has 0 atom stereocenters. The van der Waals surface area contributed by atoms with Gasteiger partial charge in [-0.1, -0.05) is 19.1 Å². The first kappa shape index (κ1) is 23.0. The molecule has 1 heterocycles. The van der Waals surface area contributed by atoms with Crippen molar-refractivity contribution in [3.05, 3.63) is 47.0 Å². The number of nitrogens with zero attached hydrogens (tertiary/aromatic N) is 2. The quantitative estimate of drug-likeness (QED) is 0.706. The Balaban J connectivity index is 1.78. The number of carbonyl (C=O) groups excluding carboxylic acids is 2. The highest BCUT2D eigenvalue weighted by atomic mass is 16.5. The number of carbonyl (C=O) groups is 2. The normalized spacial score (nSPS) is 22.7. The number of nitrogens with two attached hydrogens (primary N) is 1. The van der Waals surface area contributed by atoms with Crippen molar-refractivity contribution in [1.82, 2.24) is 4.90 Å². The Morgan fingerprint density at radius 1 is 1.03 bits per heavy atom. The Bertz CT molecular complexity index is 1090. The van der Waals surface area contributed by atoms with Crippen molar-refractivity contribution in [2.45, 2.75) is 59.0 Å². The second-order valence-electron chi connectivity index (χ2n) is 9.47. The second kappa shape index (κ2) is 8.61. The van der Waals surface area contributed by atoms with E-state index in [4.69, 9.17) is 15.2 Å². The molecule has 2 aliphatic rings. The minimum absolute atomic E-state index is 0.0403. The lowest BCUT2D eigenvalue weighted by molar-refractivity contribution is -0.129. The molecule has 3 amide bonds. The molecule has 2 aromatic rings. The lowest BCUT2D eigenvalue weighted by Gasteiger charge is -2.45. The molecule has 33 heavy (non-hydrogen) atoms. The van der Waals surface area contributed by atoms with Crippen molar-refractivity contribution in [3.8, 4) is 11.5 Å². The highest BCUT2D eigenvalue weighted by Gasteiger charge is 2.43. The van der Waals surface area contributed by atoms with Crippen molar-refractivity contribution in [1.29, 1.82) is 0 Å². The number of hydrogen-bond donors (Lipinski definition) is 1. The number of primary amides is 1. The Labute approximate surface area is 195 Å². The van der Waals surface area contributed by atoms with Gasteiger partial charge in [0.2, 0.25) is 5.91 Å². The van der Waals surface area contributed by atoms with E-state index in [-0.39, 0.29) is 18.0 Å². The van der Waals surface area contributed by atoms with Gasteiger partial charge in [-0.25, -0.2) is 4.79 Å². The zero-order chi connectivity index (χ0) is 23.9. The number of ether oxygens (including phenoxy) is 2. The van der Waals surface area contributed by atoms with E-state index in [0.717, 1.165) is 46.7 Å². The first-order chi connectivity index (χ1) is 15.7. The van der Waals surface area contributed by atoms with Crippen LogP contribution in [0.2, 0.25) is 0 Å². The zero-order valence-corrected chi connectivity index (χ0v) is 20.1. The number of methoxy groups -OCH3 is 2. The van der Waals surface area contributed by atoms with Gasteiger partial charge in [0.1, 0.15) is 11.5 Å². The first-order valence-corrected chi connectivity index (χ1v) is 11.4. The van der Waals surface area contributed by atoms with Gasteiger partial charge in [0.05, 0.1) is 32.1 Å². The van der Waals surface area contributed by atoms with Crippen LogP contribution in [0.15, 0.2) is 30.3 Å². The molecule has 7 heteroatoms. The van der Waals surface area contributed by atoms with E-state index in [0.29, 0.717) is 25.1 Å². The summed E-state index contributed by atoms with van der Waals surface area (Å²) in [5.74, 6) is 1.12. The molecule has 4 rings (SSSR count). The van der Waals surface area contributed by atoms with Gasteiger partial charge in [-0.3, -0.25) is 9.69 Å². The topological polar surface area (TPSA) is 85.1 Å². The summed E-state index contributed by atoms with van der Waals surface area (Å²) in [5.41, 5.74) is 9.83. The van der Waals surface area contributed by atoms with Crippen LogP contribution in [0.25, 0.3) is 0 Å². The number of hydrogen-bond acceptors (Lipinski definition) is 4. The van der Waals surface area contributed by atoms with E-state index in [1.807, 2.05) is 49.1 Å². The maximum Gasteiger partial charge on any atom is 0.329 e. The van der Waals surface area contributed by atoms with E-state index in [9.17, 15) is 9.59 Å². The largest absolute Gasteiger partial charge is 0.496 e. The summed E-state index contributed by atoms with van der Waals surface area (Å²) in [6.07, 6.45) is 2.85. The predicted octanol–water partition coefficient (Wildman–Crippen LogP) is 4.83. The highest BCUT2D eigenvalue weighted by Crippen LogP contribution is 2.46. The third-order valence-electron chi connectivity index (χ3n) is 7.43. The molecule has 7 nitrogen and oxygen atoms in total. The molecule has 0 unspecified atom stereocenters. The maximum absolute atomic E-state index is 14.0. The Morgan fingerprint density at radius 2 is 1.67 bits per heavy atom. The lowest BCUT2D eigenvalue weighted by Crippen LogP contribution is -2.52. The van der Waals surface area contributed by atoms with E-state index >= 15 is 0 Å². The SMILES string of the molecule is COc1cc(N2C(=O)N(C3CCC(C)(C(N)=O)CC3)Cc3c(C)ccc(OC)c32)ccc1C. The molecule has 0 radical (unpaired) electrons. The fourth-order valence-electron chi connectivity index (χ4n) is 5.06. The fraction of sp³-hybridized carbons (Fsp3) is 0.462. The maximum atomic E-state index is 14.0. The molecular weight excluding hydrogens is 418 g/mol. The van der Waals surface area contributed by atoms with Gasteiger partial charge in [0.25, 0.3) is 0 Å². The molecule has 1 fully saturated rings. The Kier molecular flexibility index (Phi) is 5.99. The summed E-state index contributed by atoms with van der Waals surface area (Å²) in [7, 11) is 3.26. The van der Waals surface area contributed by atoms with Crippen molar-refractivity contribution in [2.24, 2.45) is 11.1 Å². The van der Waals surface area contributed by atoms with Crippen molar-refractivity contribution in [3.63, 3.8) is 0 Å².